The number of hydrogen-bond acceptors (Lipinski definition) is 8. The highest BCUT2D eigenvalue weighted by Gasteiger charge is 2.31. The van der Waals surface area contributed by atoms with Crippen molar-refractivity contribution in [3.8, 4) is 11.1 Å². The maximum absolute atomic E-state index is 12.5. The Hall–Kier alpha value is -4.21. The summed E-state index contributed by atoms with van der Waals surface area (Å²) in [5.74, 6) is 1.49. The number of nitrogens with zero attached hydrogens (tertiary/aromatic N) is 6. The first kappa shape index (κ1) is 28.8. The zero-order chi connectivity index (χ0) is 28.9. The minimum absolute atomic E-state index is 0.131. The number of pyridine rings is 1. The molecular weight excluding hydrogens is 506 g/mol. The zero-order valence-electron chi connectivity index (χ0n) is 24.2. The lowest BCUT2D eigenvalue weighted by molar-refractivity contribution is -0.129. The summed E-state index contributed by atoms with van der Waals surface area (Å²) >= 11 is 0. The third-order valence-electron chi connectivity index (χ3n) is 6.71. The van der Waals surface area contributed by atoms with Crippen LogP contribution in [-0.2, 0) is 16.1 Å². The lowest BCUT2D eigenvalue weighted by atomic mass is 10.1. The van der Waals surface area contributed by atoms with Gasteiger partial charge in [-0.15, -0.1) is 0 Å². The molecule has 1 saturated heterocycles. The van der Waals surface area contributed by atoms with E-state index in [2.05, 4.69) is 33.9 Å². The highest BCUT2D eigenvalue weighted by Crippen LogP contribution is 2.26. The van der Waals surface area contributed by atoms with Gasteiger partial charge in [-0.05, 0) is 63.9 Å². The van der Waals surface area contributed by atoms with Crippen molar-refractivity contribution >= 4 is 23.8 Å². The molecular formula is C30H39N7O3. The van der Waals surface area contributed by atoms with Crippen molar-refractivity contribution in [1.82, 2.24) is 25.2 Å². The van der Waals surface area contributed by atoms with E-state index < -0.39 is 11.7 Å². The number of carbonyl (C=O) groups is 2. The Kier molecular flexibility index (Phi) is 8.86. The summed E-state index contributed by atoms with van der Waals surface area (Å²) in [5, 5.41) is 2.51. The molecule has 1 aliphatic rings. The molecule has 1 N–H and O–H groups in total. The molecule has 10 nitrogen and oxygen atoms in total. The molecule has 3 aromatic rings. The van der Waals surface area contributed by atoms with Gasteiger partial charge in [-0.1, -0.05) is 24.3 Å². The van der Waals surface area contributed by atoms with Crippen LogP contribution in [0.25, 0.3) is 11.1 Å². The number of amides is 2. The van der Waals surface area contributed by atoms with Gasteiger partial charge in [0.15, 0.2) is 0 Å². The number of rotatable bonds is 7. The van der Waals surface area contributed by atoms with Crippen molar-refractivity contribution in [2.75, 3.05) is 36.5 Å². The van der Waals surface area contributed by atoms with Gasteiger partial charge in [0.25, 0.3) is 0 Å². The molecule has 0 spiro atoms. The molecule has 10 heteroatoms. The van der Waals surface area contributed by atoms with Gasteiger partial charge >= 0.3 is 6.09 Å². The number of benzene rings is 1. The van der Waals surface area contributed by atoms with Crippen LogP contribution in [0, 0.1) is 0 Å². The third-order valence-corrected chi connectivity index (χ3v) is 6.71. The van der Waals surface area contributed by atoms with Crippen LogP contribution in [0.1, 0.15) is 40.2 Å². The Morgan fingerprint density at radius 3 is 2.35 bits per heavy atom. The summed E-state index contributed by atoms with van der Waals surface area (Å²) in [6, 6.07) is 14.4. The van der Waals surface area contributed by atoms with Crippen molar-refractivity contribution in [3.63, 3.8) is 0 Å². The molecule has 1 aliphatic heterocycles. The van der Waals surface area contributed by atoms with Gasteiger partial charge in [0.2, 0.25) is 11.9 Å². The average molecular weight is 546 g/mol. The Bertz CT molecular complexity index is 1290. The van der Waals surface area contributed by atoms with E-state index in [0.29, 0.717) is 12.5 Å². The van der Waals surface area contributed by atoms with Crippen LogP contribution in [0.3, 0.4) is 0 Å². The van der Waals surface area contributed by atoms with Gasteiger partial charge < -0.3 is 24.8 Å². The number of likely N-dealkylation sites (N-methyl/N-ethyl adjacent to an activating group) is 1. The minimum atomic E-state index is -0.618. The molecule has 0 unspecified atom stereocenters. The summed E-state index contributed by atoms with van der Waals surface area (Å²) in [6.45, 7) is 11.6. The summed E-state index contributed by atoms with van der Waals surface area (Å²) in [6.07, 6.45) is 4.92. The van der Waals surface area contributed by atoms with Crippen LogP contribution in [0.5, 0.6) is 0 Å². The molecule has 3 heterocycles. The molecule has 2 amide bonds. The second-order valence-electron chi connectivity index (χ2n) is 11.3. The lowest BCUT2D eigenvalue weighted by Crippen LogP contribution is -2.57. The maximum atomic E-state index is 12.5. The van der Waals surface area contributed by atoms with Gasteiger partial charge in [-0.25, -0.2) is 19.7 Å². The fourth-order valence-electron chi connectivity index (χ4n) is 4.67. The SMILES string of the molecule is C[C@@H]1CN(c2ncc(-c3cccc(CN(C)C(=O)CNC(=O)OC(C)(C)C)c3)cn2)[C@@H](C)CN1c1ccccn1. The molecule has 2 atom stereocenters. The second-order valence-corrected chi connectivity index (χ2v) is 11.3. The standard InChI is InChI=1S/C30H39N7O3/c1-21-19-37(22(2)18-36(21)26-12-7-8-13-31-26)28-32-15-25(16-33-28)24-11-9-10-23(14-24)20-35(6)27(38)17-34-29(39)40-30(3,4)5/h7-16,21-22H,17-20H2,1-6H3,(H,34,39)/t21-,22+/m1/s1. The molecule has 0 aliphatic carbocycles. The zero-order valence-corrected chi connectivity index (χ0v) is 24.2. The lowest BCUT2D eigenvalue weighted by Gasteiger charge is -2.44. The van der Waals surface area contributed by atoms with Gasteiger partial charge in [0.05, 0.1) is 0 Å². The molecule has 0 saturated carbocycles. The smallest absolute Gasteiger partial charge is 0.408 e. The quantitative estimate of drug-likeness (QED) is 0.473. The fraction of sp³-hybridized carbons (Fsp3) is 0.433. The van der Waals surface area contributed by atoms with Crippen LogP contribution in [-0.4, -0.2) is 76.2 Å². The number of anilines is 2. The summed E-state index contributed by atoms with van der Waals surface area (Å²) in [7, 11) is 1.71. The van der Waals surface area contributed by atoms with Crippen LogP contribution in [0.15, 0.2) is 61.1 Å². The molecule has 1 fully saturated rings. The minimum Gasteiger partial charge on any atom is -0.444 e. The van der Waals surface area contributed by atoms with Crippen LogP contribution >= 0.6 is 0 Å². The summed E-state index contributed by atoms with van der Waals surface area (Å²) in [5.41, 5.74) is 2.22. The maximum Gasteiger partial charge on any atom is 0.408 e. The van der Waals surface area contributed by atoms with Gasteiger partial charge in [0, 0.05) is 62.9 Å². The predicted molar refractivity (Wildman–Crippen MR) is 156 cm³/mol. The van der Waals surface area contributed by atoms with E-state index in [-0.39, 0.29) is 24.5 Å². The Labute approximate surface area is 236 Å². The fourth-order valence-corrected chi connectivity index (χ4v) is 4.67. The van der Waals surface area contributed by atoms with Crippen LogP contribution in [0.2, 0.25) is 0 Å². The number of piperazine rings is 1. The summed E-state index contributed by atoms with van der Waals surface area (Å²) in [4.78, 5) is 44.5. The van der Waals surface area contributed by atoms with E-state index in [0.717, 1.165) is 35.6 Å². The van der Waals surface area contributed by atoms with Crippen LogP contribution < -0.4 is 15.1 Å². The van der Waals surface area contributed by atoms with E-state index in [1.165, 1.54) is 0 Å². The highest BCUT2D eigenvalue weighted by atomic mass is 16.6. The van der Waals surface area contributed by atoms with Crippen LogP contribution in [0.4, 0.5) is 16.6 Å². The Morgan fingerprint density at radius 2 is 1.68 bits per heavy atom. The van der Waals surface area contributed by atoms with E-state index >= 15 is 0 Å². The number of aromatic nitrogens is 3. The van der Waals surface area contributed by atoms with E-state index in [9.17, 15) is 9.59 Å². The Balaban J connectivity index is 1.36. The first-order valence-corrected chi connectivity index (χ1v) is 13.6. The molecule has 2 aromatic heterocycles. The summed E-state index contributed by atoms with van der Waals surface area (Å²) < 4.78 is 5.19. The highest BCUT2D eigenvalue weighted by molar-refractivity contribution is 5.82. The van der Waals surface area contributed by atoms with E-state index in [1.54, 1.807) is 32.7 Å². The number of carbonyl (C=O) groups excluding carboxylic acids is 2. The Morgan fingerprint density at radius 1 is 0.975 bits per heavy atom. The number of nitrogens with one attached hydrogen (secondary N) is 1. The largest absolute Gasteiger partial charge is 0.444 e. The van der Waals surface area contributed by atoms with Crippen molar-refractivity contribution in [3.05, 3.63) is 66.6 Å². The first-order valence-electron chi connectivity index (χ1n) is 13.6. The van der Waals surface area contributed by atoms with Crippen molar-refractivity contribution in [2.45, 2.75) is 58.8 Å². The third kappa shape index (κ3) is 7.46. The van der Waals surface area contributed by atoms with Crippen molar-refractivity contribution in [1.29, 1.82) is 0 Å². The molecule has 0 bridgehead atoms. The van der Waals surface area contributed by atoms with Gasteiger partial charge in [-0.3, -0.25) is 4.79 Å². The number of hydrogen-bond donors (Lipinski definition) is 1. The molecule has 40 heavy (non-hydrogen) atoms. The van der Waals surface area contributed by atoms with E-state index in [4.69, 9.17) is 14.7 Å². The molecule has 212 valence electrons. The number of alkyl carbamates (subject to hydrolysis) is 1. The second kappa shape index (κ2) is 12.3. The topological polar surface area (TPSA) is 104 Å². The average Bonchev–Trinajstić information content (AvgIpc) is 2.92. The molecule has 1 aromatic carbocycles. The number of ether oxygens (including phenoxy) is 1. The molecule has 0 radical (unpaired) electrons. The van der Waals surface area contributed by atoms with Crippen molar-refractivity contribution < 1.29 is 14.3 Å². The molecule has 4 rings (SSSR count). The first-order chi connectivity index (χ1) is 19.0. The van der Waals surface area contributed by atoms with Gasteiger partial charge in [0.1, 0.15) is 18.0 Å². The monoisotopic (exact) mass is 545 g/mol. The van der Waals surface area contributed by atoms with Crippen molar-refractivity contribution in [2.24, 2.45) is 0 Å². The predicted octanol–water partition coefficient (Wildman–Crippen LogP) is 4.13. The van der Waals surface area contributed by atoms with E-state index in [1.807, 2.05) is 61.1 Å². The van der Waals surface area contributed by atoms with Gasteiger partial charge in [-0.2, -0.15) is 0 Å². The normalized spacial score (nSPS) is 17.4.